The van der Waals surface area contributed by atoms with Gasteiger partial charge in [0.25, 0.3) is 5.91 Å². The summed E-state index contributed by atoms with van der Waals surface area (Å²) in [4.78, 5) is 24.4. The van der Waals surface area contributed by atoms with Gasteiger partial charge in [0, 0.05) is 6.54 Å². The Balaban J connectivity index is 2.49. The van der Waals surface area contributed by atoms with Crippen molar-refractivity contribution in [2.24, 2.45) is 0 Å². The van der Waals surface area contributed by atoms with E-state index < -0.39 is 5.97 Å². The fourth-order valence-electron chi connectivity index (χ4n) is 1.51. The largest absolute Gasteiger partial charge is 0.497 e. The van der Waals surface area contributed by atoms with Crippen molar-refractivity contribution in [3.05, 3.63) is 24.3 Å². The smallest absolute Gasteiger partial charge is 0.325 e. The van der Waals surface area contributed by atoms with Crippen molar-refractivity contribution in [2.75, 3.05) is 33.9 Å². The molecule has 0 fully saturated rings. The molecule has 0 aliphatic heterocycles. The van der Waals surface area contributed by atoms with Gasteiger partial charge in [0.1, 0.15) is 18.0 Å². The van der Waals surface area contributed by atoms with Crippen molar-refractivity contribution in [1.29, 1.82) is 0 Å². The minimum Gasteiger partial charge on any atom is -0.497 e. The lowest BCUT2D eigenvalue weighted by molar-refractivity contribution is -0.147. The van der Waals surface area contributed by atoms with Crippen molar-refractivity contribution in [3.8, 4) is 11.5 Å². The van der Waals surface area contributed by atoms with Crippen molar-refractivity contribution < 1.29 is 23.8 Å². The first-order valence-electron chi connectivity index (χ1n) is 6.22. The number of amides is 1. The van der Waals surface area contributed by atoms with Gasteiger partial charge >= 0.3 is 5.97 Å². The van der Waals surface area contributed by atoms with E-state index in [9.17, 15) is 9.59 Å². The highest BCUT2D eigenvalue weighted by molar-refractivity contribution is 5.83. The van der Waals surface area contributed by atoms with Gasteiger partial charge in [-0.05, 0) is 31.2 Å². The molecule has 1 aromatic rings. The molecule has 110 valence electrons. The molecule has 1 aromatic carbocycles. The van der Waals surface area contributed by atoms with Crippen LogP contribution in [0, 0.1) is 0 Å². The molecule has 1 amide bonds. The topological polar surface area (TPSA) is 65.1 Å². The van der Waals surface area contributed by atoms with Gasteiger partial charge in [-0.2, -0.15) is 0 Å². The zero-order valence-electron chi connectivity index (χ0n) is 11.9. The normalized spacial score (nSPS) is 9.75. The summed E-state index contributed by atoms with van der Waals surface area (Å²) in [5.41, 5.74) is 0. The summed E-state index contributed by atoms with van der Waals surface area (Å²) in [6.07, 6.45) is 0. The maximum Gasteiger partial charge on any atom is 0.325 e. The molecule has 0 heterocycles. The zero-order valence-corrected chi connectivity index (χ0v) is 11.9. The summed E-state index contributed by atoms with van der Waals surface area (Å²) in [6.45, 7) is 2.00. The van der Waals surface area contributed by atoms with Crippen LogP contribution in [0.2, 0.25) is 0 Å². The molecular weight excluding hydrogens is 262 g/mol. The predicted octanol–water partition coefficient (Wildman–Crippen LogP) is 1.10. The van der Waals surface area contributed by atoms with Gasteiger partial charge in [-0.1, -0.05) is 0 Å². The Kier molecular flexibility index (Phi) is 6.36. The molecule has 20 heavy (non-hydrogen) atoms. The third-order valence-electron chi connectivity index (χ3n) is 2.70. The summed E-state index contributed by atoms with van der Waals surface area (Å²) in [6, 6.07) is 6.91. The quantitative estimate of drug-likeness (QED) is 0.700. The first kappa shape index (κ1) is 15.8. The van der Waals surface area contributed by atoms with E-state index in [4.69, 9.17) is 9.47 Å². The minimum absolute atomic E-state index is 0.0716. The molecule has 6 heteroatoms. The fourth-order valence-corrected chi connectivity index (χ4v) is 1.51. The number of nitrogens with zero attached hydrogens (tertiary/aromatic N) is 1. The van der Waals surface area contributed by atoms with Crippen molar-refractivity contribution in [1.82, 2.24) is 4.90 Å². The highest BCUT2D eigenvalue weighted by Crippen LogP contribution is 2.16. The van der Waals surface area contributed by atoms with Crippen LogP contribution in [0.1, 0.15) is 6.92 Å². The molecule has 0 N–H and O–H groups in total. The van der Waals surface area contributed by atoms with Gasteiger partial charge in [-0.3, -0.25) is 9.59 Å². The van der Waals surface area contributed by atoms with Crippen LogP contribution < -0.4 is 9.47 Å². The standard InChI is InChI=1S/C14H19NO5/c1-4-15(9-14(17)19-3)13(16)10-20-12-7-5-11(18-2)6-8-12/h5-8H,4,9-10H2,1-3H3. The Morgan fingerprint density at radius 1 is 1.10 bits per heavy atom. The van der Waals surface area contributed by atoms with Crippen LogP contribution in [0.15, 0.2) is 24.3 Å². The Morgan fingerprint density at radius 3 is 2.20 bits per heavy atom. The Bertz CT molecular complexity index is 443. The molecule has 0 radical (unpaired) electrons. The number of hydrogen-bond acceptors (Lipinski definition) is 5. The van der Waals surface area contributed by atoms with Crippen molar-refractivity contribution >= 4 is 11.9 Å². The molecule has 0 saturated carbocycles. The van der Waals surface area contributed by atoms with Crippen LogP contribution >= 0.6 is 0 Å². The van der Waals surface area contributed by atoms with Crippen LogP contribution in [0.25, 0.3) is 0 Å². The van der Waals surface area contributed by atoms with E-state index in [1.54, 1.807) is 38.3 Å². The Labute approximate surface area is 118 Å². The van der Waals surface area contributed by atoms with Crippen LogP contribution in [0.5, 0.6) is 11.5 Å². The molecule has 0 saturated heterocycles. The van der Waals surface area contributed by atoms with Crippen LogP contribution in [0.4, 0.5) is 0 Å². The summed E-state index contributed by atoms with van der Waals surface area (Å²) in [7, 11) is 2.86. The number of methoxy groups -OCH3 is 2. The molecule has 0 aliphatic carbocycles. The van der Waals surface area contributed by atoms with Crippen molar-refractivity contribution in [3.63, 3.8) is 0 Å². The second kappa shape index (κ2) is 8.04. The molecule has 1 rings (SSSR count). The number of esters is 1. The Hall–Kier alpha value is -2.24. The highest BCUT2D eigenvalue weighted by Gasteiger charge is 2.16. The summed E-state index contributed by atoms with van der Waals surface area (Å²) < 4.78 is 14.9. The summed E-state index contributed by atoms with van der Waals surface area (Å²) in [5, 5.41) is 0. The second-order valence-corrected chi connectivity index (χ2v) is 3.95. The lowest BCUT2D eigenvalue weighted by Gasteiger charge is -2.19. The van der Waals surface area contributed by atoms with E-state index in [0.29, 0.717) is 18.0 Å². The second-order valence-electron chi connectivity index (χ2n) is 3.95. The minimum atomic E-state index is -0.454. The van der Waals surface area contributed by atoms with Gasteiger partial charge < -0.3 is 19.1 Å². The molecule has 0 bridgehead atoms. The summed E-state index contributed by atoms with van der Waals surface area (Å²) >= 11 is 0. The van der Waals surface area contributed by atoms with E-state index in [0.717, 1.165) is 0 Å². The van der Waals surface area contributed by atoms with Crippen molar-refractivity contribution in [2.45, 2.75) is 6.92 Å². The van der Waals surface area contributed by atoms with Gasteiger partial charge in [0.2, 0.25) is 0 Å². The number of carbonyl (C=O) groups excluding carboxylic acids is 2. The van der Waals surface area contributed by atoms with Crippen LogP contribution in [-0.2, 0) is 14.3 Å². The third kappa shape index (κ3) is 4.79. The van der Waals surface area contributed by atoms with Gasteiger partial charge in [-0.15, -0.1) is 0 Å². The SMILES string of the molecule is CCN(CC(=O)OC)C(=O)COc1ccc(OC)cc1. The Morgan fingerprint density at radius 2 is 1.70 bits per heavy atom. The zero-order chi connectivity index (χ0) is 15.0. The average molecular weight is 281 g/mol. The summed E-state index contributed by atoms with van der Waals surface area (Å²) in [5.74, 6) is 0.552. The molecule has 0 spiro atoms. The van der Waals surface area contributed by atoms with E-state index in [1.807, 2.05) is 0 Å². The third-order valence-corrected chi connectivity index (χ3v) is 2.70. The predicted molar refractivity (Wildman–Crippen MR) is 72.8 cm³/mol. The lowest BCUT2D eigenvalue weighted by atomic mass is 10.3. The van der Waals surface area contributed by atoms with E-state index in [1.165, 1.54) is 12.0 Å². The van der Waals surface area contributed by atoms with E-state index in [-0.39, 0.29) is 19.1 Å². The fraction of sp³-hybridized carbons (Fsp3) is 0.429. The molecule has 0 aromatic heterocycles. The van der Waals surface area contributed by atoms with E-state index in [2.05, 4.69) is 4.74 Å². The van der Waals surface area contributed by atoms with E-state index >= 15 is 0 Å². The monoisotopic (exact) mass is 281 g/mol. The van der Waals surface area contributed by atoms with Gasteiger partial charge in [0.15, 0.2) is 6.61 Å². The lowest BCUT2D eigenvalue weighted by Crippen LogP contribution is -2.38. The number of hydrogen-bond donors (Lipinski definition) is 0. The number of ether oxygens (including phenoxy) is 3. The molecule has 6 nitrogen and oxygen atoms in total. The highest BCUT2D eigenvalue weighted by atomic mass is 16.5. The first-order valence-corrected chi connectivity index (χ1v) is 6.22. The van der Waals surface area contributed by atoms with Crippen LogP contribution in [0.3, 0.4) is 0 Å². The average Bonchev–Trinajstić information content (AvgIpc) is 2.50. The molecule has 0 aliphatic rings. The van der Waals surface area contributed by atoms with Gasteiger partial charge in [0.05, 0.1) is 14.2 Å². The first-order chi connectivity index (χ1) is 9.60. The van der Waals surface area contributed by atoms with Gasteiger partial charge in [-0.25, -0.2) is 0 Å². The number of benzene rings is 1. The number of likely N-dealkylation sites (N-methyl/N-ethyl adjacent to an activating group) is 1. The number of carbonyl (C=O) groups is 2. The van der Waals surface area contributed by atoms with Crippen LogP contribution in [-0.4, -0.2) is 50.7 Å². The molecule has 0 unspecified atom stereocenters. The molecular formula is C14H19NO5. The number of rotatable bonds is 7. The maximum atomic E-state index is 11.9. The molecule has 0 atom stereocenters. The maximum absolute atomic E-state index is 11.9.